The molecule has 2 aromatic rings. The molecule has 1 amide bonds. The summed E-state index contributed by atoms with van der Waals surface area (Å²) in [5.41, 5.74) is 2.29. The lowest BCUT2D eigenvalue weighted by atomic mass is 10.0. The Labute approximate surface area is 152 Å². The van der Waals surface area contributed by atoms with Crippen LogP contribution in [-0.4, -0.2) is 38.4 Å². The SMILES string of the molecule is Cc1ccc([C@@H](NCC(=O)N[C@H]2CCS(=O)(=O)C2)c2cccs2)cc1. The van der Waals surface area contributed by atoms with Crippen molar-refractivity contribution in [3.05, 3.63) is 57.8 Å². The van der Waals surface area contributed by atoms with E-state index in [1.54, 1.807) is 11.3 Å². The molecule has 0 aliphatic carbocycles. The highest BCUT2D eigenvalue weighted by Gasteiger charge is 2.29. The quantitative estimate of drug-likeness (QED) is 0.807. The van der Waals surface area contributed by atoms with Crippen LogP contribution in [-0.2, 0) is 14.6 Å². The number of hydrogen-bond acceptors (Lipinski definition) is 5. The standard InChI is InChI=1S/C18H22N2O3S2/c1-13-4-6-14(7-5-13)18(16-3-2-9-24-16)19-11-17(21)20-15-8-10-25(22,23)12-15/h2-7,9,15,18-19H,8,10-12H2,1H3,(H,20,21)/t15-,18+/m0/s1. The van der Waals surface area contributed by atoms with Gasteiger partial charge in [-0.1, -0.05) is 35.9 Å². The highest BCUT2D eigenvalue weighted by molar-refractivity contribution is 7.91. The zero-order valence-corrected chi connectivity index (χ0v) is 15.7. The summed E-state index contributed by atoms with van der Waals surface area (Å²) in [4.78, 5) is 13.3. The minimum absolute atomic E-state index is 0.0467. The first kappa shape index (κ1) is 18.1. The fraction of sp³-hybridized carbons (Fsp3) is 0.389. The Kier molecular flexibility index (Phi) is 5.56. The van der Waals surface area contributed by atoms with Crippen molar-refractivity contribution in [3.63, 3.8) is 0 Å². The molecule has 25 heavy (non-hydrogen) atoms. The number of carbonyl (C=O) groups excluding carboxylic acids is 1. The van der Waals surface area contributed by atoms with Crippen LogP contribution in [0.1, 0.15) is 28.5 Å². The van der Waals surface area contributed by atoms with Crippen LogP contribution in [0.5, 0.6) is 0 Å². The van der Waals surface area contributed by atoms with Gasteiger partial charge in [0.15, 0.2) is 9.84 Å². The maximum absolute atomic E-state index is 12.2. The molecule has 7 heteroatoms. The van der Waals surface area contributed by atoms with Crippen molar-refractivity contribution in [2.45, 2.75) is 25.4 Å². The maximum Gasteiger partial charge on any atom is 0.234 e. The van der Waals surface area contributed by atoms with Gasteiger partial charge in [-0.25, -0.2) is 8.42 Å². The lowest BCUT2D eigenvalue weighted by Crippen LogP contribution is -2.41. The van der Waals surface area contributed by atoms with Crippen molar-refractivity contribution in [3.8, 4) is 0 Å². The number of rotatable bonds is 6. The van der Waals surface area contributed by atoms with Crippen molar-refractivity contribution >= 4 is 27.1 Å². The molecule has 0 radical (unpaired) electrons. The van der Waals surface area contributed by atoms with E-state index in [0.717, 1.165) is 10.4 Å². The van der Waals surface area contributed by atoms with E-state index in [1.165, 1.54) is 5.56 Å². The number of nitrogens with one attached hydrogen (secondary N) is 2. The molecule has 0 saturated carbocycles. The number of carbonyl (C=O) groups is 1. The molecule has 1 fully saturated rings. The second-order valence-electron chi connectivity index (χ2n) is 6.41. The second-order valence-corrected chi connectivity index (χ2v) is 9.62. The van der Waals surface area contributed by atoms with E-state index in [1.807, 2.05) is 24.4 Å². The molecule has 2 heterocycles. The molecule has 1 aliphatic rings. The van der Waals surface area contributed by atoms with Crippen molar-refractivity contribution in [1.82, 2.24) is 10.6 Å². The first-order valence-corrected chi connectivity index (χ1v) is 11.0. The molecule has 1 saturated heterocycles. The van der Waals surface area contributed by atoms with Crippen LogP contribution in [0.3, 0.4) is 0 Å². The van der Waals surface area contributed by atoms with Gasteiger partial charge >= 0.3 is 0 Å². The Morgan fingerprint density at radius 3 is 2.64 bits per heavy atom. The Morgan fingerprint density at radius 2 is 2.04 bits per heavy atom. The topological polar surface area (TPSA) is 75.3 Å². The zero-order valence-electron chi connectivity index (χ0n) is 14.1. The molecule has 134 valence electrons. The molecule has 2 atom stereocenters. The van der Waals surface area contributed by atoms with Gasteiger partial charge < -0.3 is 5.32 Å². The maximum atomic E-state index is 12.2. The third kappa shape index (κ3) is 4.90. The van der Waals surface area contributed by atoms with E-state index in [4.69, 9.17) is 0 Å². The Bertz CT molecular complexity index is 815. The van der Waals surface area contributed by atoms with Crippen molar-refractivity contribution in [1.29, 1.82) is 0 Å². The molecular formula is C18H22N2O3S2. The van der Waals surface area contributed by atoms with Gasteiger partial charge in [0.25, 0.3) is 0 Å². The molecule has 3 rings (SSSR count). The van der Waals surface area contributed by atoms with Crippen LogP contribution in [0.4, 0.5) is 0 Å². The normalized spacial score (nSPS) is 20.3. The number of thiophene rings is 1. The fourth-order valence-corrected chi connectivity index (χ4v) is 5.48. The summed E-state index contributed by atoms with van der Waals surface area (Å²) in [7, 11) is -2.99. The minimum atomic E-state index is -2.99. The van der Waals surface area contributed by atoms with Gasteiger partial charge in [0.05, 0.1) is 24.1 Å². The van der Waals surface area contributed by atoms with Gasteiger partial charge in [-0.3, -0.25) is 10.1 Å². The second kappa shape index (κ2) is 7.68. The number of amides is 1. The average Bonchev–Trinajstić information content (AvgIpc) is 3.19. The highest BCUT2D eigenvalue weighted by Crippen LogP contribution is 2.26. The lowest BCUT2D eigenvalue weighted by molar-refractivity contribution is -0.120. The van der Waals surface area contributed by atoms with E-state index >= 15 is 0 Å². The van der Waals surface area contributed by atoms with Gasteiger partial charge in [0.2, 0.25) is 5.91 Å². The third-order valence-corrected chi connectivity index (χ3v) is 7.01. The molecule has 2 N–H and O–H groups in total. The van der Waals surface area contributed by atoms with Crippen molar-refractivity contribution < 1.29 is 13.2 Å². The predicted octanol–water partition coefficient (Wildman–Crippen LogP) is 2.04. The molecule has 1 aromatic carbocycles. The van der Waals surface area contributed by atoms with Crippen LogP contribution < -0.4 is 10.6 Å². The third-order valence-electron chi connectivity index (χ3n) is 4.30. The van der Waals surface area contributed by atoms with E-state index in [0.29, 0.717) is 6.42 Å². The molecule has 5 nitrogen and oxygen atoms in total. The predicted molar refractivity (Wildman–Crippen MR) is 101 cm³/mol. The van der Waals surface area contributed by atoms with E-state index in [-0.39, 0.29) is 36.0 Å². The average molecular weight is 379 g/mol. The Hall–Kier alpha value is -1.70. The summed E-state index contributed by atoms with van der Waals surface area (Å²) in [5, 5.41) is 8.14. The van der Waals surface area contributed by atoms with E-state index in [2.05, 4.69) is 34.9 Å². The first-order chi connectivity index (χ1) is 11.9. The van der Waals surface area contributed by atoms with Crippen LogP contribution >= 0.6 is 11.3 Å². The van der Waals surface area contributed by atoms with E-state index in [9.17, 15) is 13.2 Å². The van der Waals surface area contributed by atoms with Gasteiger partial charge in [-0.2, -0.15) is 0 Å². The number of benzene rings is 1. The molecule has 0 unspecified atom stereocenters. The number of sulfone groups is 1. The Morgan fingerprint density at radius 1 is 1.28 bits per heavy atom. The van der Waals surface area contributed by atoms with Gasteiger partial charge in [-0.05, 0) is 30.4 Å². The van der Waals surface area contributed by atoms with Gasteiger partial charge in [-0.15, -0.1) is 11.3 Å². The highest BCUT2D eigenvalue weighted by atomic mass is 32.2. The largest absolute Gasteiger partial charge is 0.351 e. The van der Waals surface area contributed by atoms with Crippen LogP contribution in [0, 0.1) is 6.92 Å². The molecular weight excluding hydrogens is 356 g/mol. The van der Waals surface area contributed by atoms with Crippen LogP contribution in [0.2, 0.25) is 0 Å². The number of hydrogen-bond donors (Lipinski definition) is 2. The first-order valence-electron chi connectivity index (χ1n) is 8.26. The molecule has 1 aromatic heterocycles. The minimum Gasteiger partial charge on any atom is -0.351 e. The molecule has 1 aliphatic heterocycles. The summed E-state index contributed by atoms with van der Waals surface area (Å²) in [6, 6.07) is 12.0. The van der Waals surface area contributed by atoms with Gasteiger partial charge in [0, 0.05) is 10.9 Å². The summed E-state index contributed by atoms with van der Waals surface area (Å²) in [6.07, 6.45) is 0.500. The summed E-state index contributed by atoms with van der Waals surface area (Å²) in [5.74, 6) is 0.0354. The summed E-state index contributed by atoms with van der Waals surface area (Å²) < 4.78 is 23.0. The summed E-state index contributed by atoms with van der Waals surface area (Å²) >= 11 is 1.64. The van der Waals surface area contributed by atoms with Crippen LogP contribution in [0.25, 0.3) is 0 Å². The monoisotopic (exact) mass is 378 g/mol. The molecule has 0 spiro atoms. The fourth-order valence-electron chi connectivity index (χ4n) is 2.98. The van der Waals surface area contributed by atoms with E-state index < -0.39 is 9.84 Å². The summed E-state index contributed by atoms with van der Waals surface area (Å²) in [6.45, 7) is 2.19. The van der Waals surface area contributed by atoms with Gasteiger partial charge in [0.1, 0.15) is 0 Å². The Balaban J connectivity index is 1.63. The number of aryl methyl sites for hydroxylation is 1. The lowest BCUT2D eigenvalue weighted by Gasteiger charge is -2.19. The van der Waals surface area contributed by atoms with Crippen molar-refractivity contribution in [2.24, 2.45) is 0 Å². The van der Waals surface area contributed by atoms with Crippen molar-refractivity contribution in [2.75, 3.05) is 18.1 Å². The smallest absolute Gasteiger partial charge is 0.234 e. The zero-order chi connectivity index (χ0) is 17.9. The van der Waals surface area contributed by atoms with Crippen LogP contribution in [0.15, 0.2) is 41.8 Å². The molecule has 0 bridgehead atoms.